The summed E-state index contributed by atoms with van der Waals surface area (Å²) in [7, 11) is 1.40. The predicted molar refractivity (Wildman–Crippen MR) is 80.0 cm³/mol. The van der Waals surface area contributed by atoms with Crippen LogP contribution in [0.4, 0.5) is 4.79 Å². The topological polar surface area (TPSA) is 97.6 Å². The van der Waals surface area contributed by atoms with Crippen molar-refractivity contribution in [2.45, 2.75) is 13.3 Å². The molecule has 1 aromatic heterocycles. The molecule has 2 aromatic rings. The first-order valence-corrected chi connectivity index (χ1v) is 6.74. The van der Waals surface area contributed by atoms with E-state index in [1.54, 1.807) is 18.2 Å². The average Bonchev–Trinajstić information content (AvgIpc) is 2.51. The van der Waals surface area contributed by atoms with Crippen LogP contribution in [-0.2, 0) is 11.2 Å². The Labute approximate surface area is 126 Å². The molecular formula is C15H16N2O5. The summed E-state index contributed by atoms with van der Waals surface area (Å²) in [6.45, 7) is 1.62. The SMILES string of the molecule is CCc1cc(=O)oc2cc(OCC(=O)NC(=O)NC)ccc12. The van der Waals surface area contributed by atoms with Crippen LogP contribution in [0, 0.1) is 0 Å². The first kappa shape index (κ1) is 15.6. The molecule has 2 rings (SSSR count). The largest absolute Gasteiger partial charge is 0.484 e. The molecule has 0 radical (unpaired) electrons. The number of urea groups is 1. The Morgan fingerprint density at radius 3 is 2.73 bits per heavy atom. The van der Waals surface area contributed by atoms with Crippen LogP contribution < -0.4 is 21.0 Å². The highest BCUT2D eigenvalue weighted by Crippen LogP contribution is 2.22. The van der Waals surface area contributed by atoms with Gasteiger partial charge in [-0.15, -0.1) is 0 Å². The number of fused-ring (bicyclic) bond motifs is 1. The molecule has 0 spiro atoms. The Hall–Kier alpha value is -2.83. The van der Waals surface area contributed by atoms with Crippen molar-refractivity contribution in [3.63, 3.8) is 0 Å². The molecule has 7 heteroatoms. The van der Waals surface area contributed by atoms with Gasteiger partial charge in [-0.1, -0.05) is 6.92 Å². The van der Waals surface area contributed by atoms with Crippen LogP contribution in [0.5, 0.6) is 5.75 Å². The molecule has 0 aliphatic rings. The minimum Gasteiger partial charge on any atom is -0.484 e. The van der Waals surface area contributed by atoms with Crippen molar-refractivity contribution in [1.82, 2.24) is 10.6 Å². The summed E-state index contributed by atoms with van der Waals surface area (Å²) < 4.78 is 10.4. The summed E-state index contributed by atoms with van der Waals surface area (Å²) in [4.78, 5) is 33.9. The molecule has 0 aliphatic heterocycles. The van der Waals surface area contributed by atoms with Gasteiger partial charge in [0.2, 0.25) is 0 Å². The first-order chi connectivity index (χ1) is 10.5. The standard InChI is InChI=1S/C15H16N2O5/c1-3-9-6-14(19)22-12-7-10(4-5-11(9)12)21-8-13(18)17-15(20)16-2/h4-7H,3,8H2,1-2H3,(H2,16,17,18,20). The van der Waals surface area contributed by atoms with Gasteiger partial charge < -0.3 is 14.5 Å². The fourth-order valence-electron chi connectivity index (χ4n) is 1.97. The van der Waals surface area contributed by atoms with Crippen molar-refractivity contribution in [2.75, 3.05) is 13.7 Å². The van der Waals surface area contributed by atoms with Crippen molar-refractivity contribution >= 4 is 22.9 Å². The summed E-state index contributed by atoms with van der Waals surface area (Å²) in [6.07, 6.45) is 0.705. The van der Waals surface area contributed by atoms with Gasteiger partial charge in [-0.3, -0.25) is 10.1 Å². The number of benzene rings is 1. The normalized spacial score (nSPS) is 10.3. The van der Waals surface area contributed by atoms with E-state index in [0.29, 0.717) is 17.8 Å². The number of carbonyl (C=O) groups excluding carboxylic acids is 2. The summed E-state index contributed by atoms with van der Waals surface area (Å²) in [5, 5.41) is 5.16. The first-order valence-electron chi connectivity index (χ1n) is 6.74. The molecule has 0 saturated carbocycles. The molecule has 0 unspecified atom stereocenters. The highest BCUT2D eigenvalue weighted by Gasteiger charge is 2.09. The lowest BCUT2D eigenvalue weighted by atomic mass is 10.1. The molecule has 0 fully saturated rings. The molecule has 116 valence electrons. The second kappa shape index (κ2) is 6.75. The summed E-state index contributed by atoms with van der Waals surface area (Å²) in [6, 6.07) is 5.84. The van der Waals surface area contributed by atoms with E-state index in [-0.39, 0.29) is 6.61 Å². The van der Waals surface area contributed by atoms with Gasteiger partial charge in [-0.25, -0.2) is 9.59 Å². The Balaban J connectivity index is 2.15. The maximum atomic E-state index is 11.5. The third-order valence-corrected chi connectivity index (χ3v) is 3.03. The minimum absolute atomic E-state index is 0.323. The second-order valence-corrected chi connectivity index (χ2v) is 4.52. The maximum Gasteiger partial charge on any atom is 0.336 e. The van der Waals surface area contributed by atoms with Crippen molar-refractivity contribution in [3.8, 4) is 5.75 Å². The molecule has 0 saturated heterocycles. The van der Waals surface area contributed by atoms with Crippen molar-refractivity contribution in [3.05, 3.63) is 40.2 Å². The van der Waals surface area contributed by atoms with E-state index >= 15 is 0 Å². The van der Waals surface area contributed by atoms with Crippen molar-refractivity contribution < 1.29 is 18.7 Å². The van der Waals surface area contributed by atoms with Crippen LogP contribution in [0.3, 0.4) is 0 Å². The van der Waals surface area contributed by atoms with Gasteiger partial charge in [0.05, 0.1) is 0 Å². The van der Waals surface area contributed by atoms with Crippen LogP contribution >= 0.6 is 0 Å². The third-order valence-electron chi connectivity index (χ3n) is 3.03. The van der Waals surface area contributed by atoms with Gasteiger partial charge in [-0.2, -0.15) is 0 Å². The molecule has 3 amide bonds. The molecule has 22 heavy (non-hydrogen) atoms. The Morgan fingerprint density at radius 1 is 1.27 bits per heavy atom. The lowest BCUT2D eigenvalue weighted by Crippen LogP contribution is -2.39. The van der Waals surface area contributed by atoms with E-state index < -0.39 is 17.6 Å². The zero-order valence-corrected chi connectivity index (χ0v) is 12.3. The molecule has 7 nitrogen and oxygen atoms in total. The number of aryl methyl sites for hydroxylation is 1. The maximum absolute atomic E-state index is 11.5. The zero-order chi connectivity index (χ0) is 16.1. The Kier molecular flexibility index (Phi) is 4.77. The van der Waals surface area contributed by atoms with Crippen molar-refractivity contribution in [2.24, 2.45) is 0 Å². The molecule has 1 aromatic carbocycles. The van der Waals surface area contributed by atoms with E-state index in [2.05, 4.69) is 10.6 Å². The average molecular weight is 304 g/mol. The van der Waals surface area contributed by atoms with E-state index in [0.717, 1.165) is 10.9 Å². The third kappa shape index (κ3) is 3.63. The van der Waals surface area contributed by atoms with E-state index in [9.17, 15) is 14.4 Å². The number of ether oxygens (including phenoxy) is 1. The van der Waals surface area contributed by atoms with E-state index in [1.165, 1.54) is 13.1 Å². The lowest BCUT2D eigenvalue weighted by molar-refractivity contribution is -0.122. The fraction of sp³-hybridized carbons (Fsp3) is 0.267. The second-order valence-electron chi connectivity index (χ2n) is 4.52. The predicted octanol–water partition coefficient (Wildman–Crippen LogP) is 1.19. The van der Waals surface area contributed by atoms with Gasteiger partial charge in [-0.05, 0) is 24.1 Å². The molecular weight excluding hydrogens is 288 g/mol. The minimum atomic E-state index is -0.606. The highest BCUT2D eigenvalue weighted by molar-refractivity contribution is 5.94. The molecule has 0 bridgehead atoms. The van der Waals surface area contributed by atoms with Gasteiger partial charge in [0.1, 0.15) is 11.3 Å². The van der Waals surface area contributed by atoms with Crippen LogP contribution in [0.25, 0.3) is 11.0 Å². The highest BCUT2D eigenvalue weighted by atomic mass is 16.5. The Bertz CT molecular complexity index is 766. The summed E-state index contributed by atoms with van der Waals surface area (Å²) in [5.41, 5.74) is 0.850. The molecule has 0 aliphatic carbocycles. The summed E-state index contributed by atoms with van der Waals surface area (Å²) in [5.74, 6) is -0.209. The van der Waals surface area contributed by atoms with Crippen LogP contribution in [-0.4, -0.2) is 25.6 Å². The summed E-state index contributed by atoms with van der Waals surface area (Å²) >= 11 is 0. The number of nitrogens with one attached hydrogen (secondary N) is 2. The van der Waals surface area contributed by atoms with Gasteiger partial charge >= 0.3 is 11.7 Å². The van der Waals surface area contributed by atoms with Gasteiger partial charge in [0.25, 0.3) is 5.91 Å². The fourth-order valence-corrected chi connectivity index (χ4v) is 1.97. The monoisotopic (exact) mass is 304 g/mol. The molecule has 2 N–H and O–H groups in total. The number of hydrogen-bond acceptors (Lipinski definition) is 5. The quantitative estimate of drug-likeness (QED) is 0.827. The van der Waals surface area contributed by atoms with Crippen LogP contribution in [0.15, 0.2) is 33.5 Å². The smallest absolute Gasteiger partial charge is 0.336 e. The van der Waals surface area contributed by atoms with Crippen LogP contribution in [0.1, 0.15) is 12.5 Å². The number of hydrogen-bond donors (Lipinski definition) is 2. The van der Waals surface area contributed by atoms with E-state index in [4.69, 9.17) is 9.15 Å². The lowest BCUT2D eigenvalue weighted by Gasteiger charge is -2.08. The van der Waals surface area contributed by atoms with Crippen LogP contribution in [0.2, 0.25) is 0 Å². The number of amides is 3. The molecule has 1 heterocycles. The Morgan fingerprint density at radius 2 is 2.05 bits per heavy atom. The van der Waals surface area contributed by atoms with Gasteiger partial charge in [0, 0.05) is 24.6 Å². The number of carbonyl (C=O) groups is 2. The van der Waals surface area contributed by atoms with Gasteiger partial charge in [0.15, 0.2) is 6.61 Å². The van der Waals surface area contributed by atoms with E-state index in [1.807, 2.05) is 6.92 Å². The molecule has 0 atom stereocenters. The number of imide groups is 1. The van der Waals surface area contributed by atoms with Crippen molar-refractivity contribution in [1.29, 1.82) is 0 Å². The number of rotatable bonds is 4. The zero-order valence-electron chi connectivity index (χ0n) is 12.3.